The first-order chi connectivity index (χ1) is 12.8. The normalized spacial score (nSPS) is 31.0. The van der Waals surface area contributed by atoms with Crippen molar-refractivity contribution < 1.29 is 22.7 Å². The summed E-state index contributed by atoms with van der Waals surface area (Å²) < 4.78 is 46.9. The van der Waals surface area contributed by atoms with Gasteiger partial charge in [-0.1, -0.05) is 0 Å². The fraction of sp³-hybridized carbons (Fsp3) is 0.778. The Bertz CT molecular complexity index is 699. The van der Waals surface area contributed by atoms with Crippen molar-refractivity contribution in [2.75, 3.05) is 18.5 Å². The van der Waals surface area contributed by atoms with E-state index >= 15 is 0 Å². The molecule has 2 fully saturated rings. The maximum atomic E-state index is 13.4. The molecule has 1 aromatic heterocycles. The molecule has 1 aromatic rings. The highest BCUT2D eigenvalue weighted by atomic mass is 19.4. The molecule has 4 rings (SSSR count). The first-order valence-electron chi connectivity index (χ1n) is 9.66. The maximum Gasteiger partial charge on any atom is 0.410 e. The molecule has 0 aromatic carbocycles. The van der Waals surface area contributed by atoms with E-state index < -0.39 is 12.2 Å². The number of ether oxygens (including phenoxy) is 1. The van der Waals surface area contributed by atoms with E-state index in [1.54, 1.807) is 17.9 Å². The van der Waals surface area contributed by atoms with Crippen LogP contribution >= 0.6 is 0 Å². The highest BCUT2D eigenvalue weighted by Gasteiger charge is 2.46. The van der Waals surface area contributed by atoms with Gasteiger partial charge >= 0.3 is 6.18 Å². The largest absolute Gasteiger partial charge is 0.410 e. The molecule has 1 amide bonds. The van der Waals surface area contributed by atoms with Crippen molar-refractivity contribution in [2.24, 2.45) is 0 Å². The number of carbonyl (C=O) groups is 1. The summed E-state index contributed by atoms with van der Waals surface area (Å²) in [6, 6.07) is -0.496. The van der Waals surface area contributed by atoms with Gasteiger partial charge in [0.25, 0.3) is 0 Å². The van der Waals surface area contributed by atoms with Gasteiger partial charge in [-0.05, 0) is 39.0 Å². The standard InChI is InChI=1S/C18H25F3N4O2/c1-11-8-15(18(19,20)21)25-16(22-11)10-13(23-25)14-5-2-6-24(14)17(26)9-12-4-3-7-27-12/h10-12,14-15,22H,2-9H2,1H3/t11-,12+,14+,15-/m1/s1. The van der Waals surface area contributed by atoms with Crippen molar-refractivity contribution in [3.8, 4) is 0 Å². The second kappa shape index (κ2) is 7.00. The van der Waals surface area contributed by atoms with E-state index in [1.807, 2.05) is 0 Å². The minimum atomic E-state index is -4.35. The number of anilines is 1. The van der Waals surface area contributed by atoms with Crippen LogP contribution in [0, 0.1) is 0 Å². The number of rotatable bonds is 3. The van der Waals surface area contributed by atoms with Crippen molar-refractivity contribution in [1.82, 2.24) is 14.7 Å². The average molecular weight is 386 g/mol. The summed E-state index contributed by atoms with van der Waals surface area (Å²) in [5.41, 5.74) is 0.541. The summed E-state index contributed by atoms with van der Waals surface area (Å²) >= 11 is 0. The SMILES string of the molecule is C[C@@H]1C[C@H](C(F)(F)F)n2nc([C@@H]3CCCN3C(=O)C[C@@H]3CCCO3)cc2N1. The fourth-order valence-corrected chi connectivity index (χ4v) is 4.43. The van der Waals surface area contributed by atoms with Crippen LogP contribution in [0.4, 0.5) is 19.0 Å². The molecular formula is C18H25F3N4O2. The number of halogens is 3. The van der Waals surface area contributed by atoms with E-state index in [-0.39, 0.29) is 30.5 Å². The summed E-state index contributed by atoms with van der Waals surface area (Å²) in [4.78, 5) is 14.5. The molecule has 0 unspecified atom stereocenters. The molecule has 0 saturated carbocycles. The zero-order valence-corrected chi connectivity index (χ0v) is 15.3. The lowest BCUT2D eigenvalue weighted by Gasteiger charge is -2.31. The van der Waals surface area contributed by atoms with Gasteiger partial charge < -0.3 is 15.0 Å². The molecule has 0 spiro atoms. The molecule has 6 nitrogen and oxygen atoms in total. The molecular weight excluding hydrogens is 361 g/mol. The minimum Gasteiger partial charge on any atom is -0.378 e. The number of nitrogens with zero attached hydrogens (tertiary/aromatic N) is 3. The smallest absolute Gasteiger partial charge is 0.378 e. The van der Waals surface area contributed by atoms with Crippen LogP contribution in [-0.2, 0) is 9.53 Å². The van der Waals surface area contributed by atoms with E-state index in [2.05, 4.69) is 10.4 Å². The molecule has 2 saturated heterocycles. The Morgan fingerprint density at radius 1 is 1.37 bits per heavy atom. The lowest BCUT2D eigenvalue weighted by molar-refractivity contribution is -0.173. The van der Waals surface area contributed by atoms with Crippen LogP contribution in [0.5, 0.6) is 0 Å². The second-order valence-corrected chi connectivity index (χ2v) is 7.82. The molecule has 4 heterocycles. The Kier molecular flexibility index (Phi) is 4.82. The lowest BCUT2D eigenvalue weighted by atomic mass is 10.1. The number of hydrogen-bond acceptors (Lipinski definition) is 4. The van der Waals surface area contributed by atoms with Gasteiger partial charge in [0.2, 0.25) is 5.91 Å². The Balaban J connectivity index is 1.55. The maximum absolute atomic E-state index is 13.4. The number of amides is 1. The van der Waals surface area contributed by atoms with Gasteiger partial charge in [-0.25, -0.2) is 4.68 Å². The summed E-state index contributed by atoms with van der Waals surface area (Å²) in [6.45, 7) is 3.05. The fourth-order valence-electron chi connectivity index (χ4n) is 4.43. The van der Waals surface area contributed by atoms with Crippen molar-refractivity contribution in [3.05, 3.63) is 11.8 Å². The quantitative estimate of drug-likeness (QED) is 0.865. The molecule has 0 bridgehead atoms. The predicted octanol–water partition coefficient (Wildman–Crippen LogP) is 3.42. The van der Waals surface area contributed by atoms with E-state index in [1.165, 1.54) is 0 Å². The number of hydrogen-bond donors (Lipinski definition) is 1. The van der Waals surface area contributed by atoms with E-state index in [4.69, 9.17) is 4.74 Å². The molecule has 9 heteroatoms. The molecule has 150 valence electrons. The molecule has 27 heavy (non-hydrogen) atoms. The molecule has 3 aliphatic heterocycles. The molecule has 3 aliphatic rings. The predicted molar refractivity (Wildman–Crippen MR) is 92.3 cm³/mol. The molecule has 0 radical (unpaired) electrons. The highest BCUT2D eigenvalue weighted by molar-refractivity contribution is 5.77. The first kappa shape index (κ1) is 18.6. The summed E-state index contributed by atoms with van der Waals surface area (Å²) in [6.07, 6.45) is -0.688. The number of nitrogens with one attached hydrogen (secondary N) is 1. The highest BCUT2D eigenvalue weighted by Crippen LogP contribution is 2.41. The minimum absolute atomic E-state index is 0.00377. The van der Waals surface area contributed by atoms with Gasteiger partial charge in [0.05, 0.1) is 24.3 Å². The second-order valence-electron chi connectivity index (χ2n) is 7.82. The van der Waals surface area contributed by atoms with Gasteiger partial charge in [0.1, 0.15) is 5.82 Å². The third-order valence-corrected chi connectivity index (χ3v) is 5.74. The topological polar surface area (TPSA) is 59.4 Å². The zero-order valence-electron chi connectivity index (χ0n) is 15.3. The van der Waals surface area contributed by atoms with Gasteiger partial charge in [-0.2, -0.15) is 18.3 Å². The van der Waals surface area contributed by atoms with E-state index in [0.29, 0.717) is 31.1 Å². The van der Waals surface area contributed by atoms with E-state index in [0.717, 1.165) is 30.4 Å². The number of likely N-dealkylation sites (tertiary alicyclic amines) is 1. The Morgan fingerprint density at radius 3 is 2.89 bits per heavy atom. The summed E-state index contributed by atoms with van der Waals surface area (Å²) in [5.74, 6) is 0.383. The van der Waals surface area contributed by atoms with Gasteiger partial charge in [0.15, 0.2) is 6.04 Å². The van der Waals surface area contributed by atoms with Crippen molar-refractivity contribution in [1.29, 1.82) is 0 Å². The third-order valence-electron chi connectivity index (χ3n) is 5.74. The first-order valence-corrected chi connectivity index (χ1v) is 9.66. The zero-order chi connectivity index (χ0) is 19.2. The van der Waals surface area contributed by atoms with Crippen molar-refractivity contribution in [2.45, 2.75) is 75.9 Å². The number of fused-ring (bicyclic) bond motifs is 1. The van der Waals surface area contributed by atoms with Gasteiger partial charge in [-0.3, -0.25) is 4.79 Å². The molecule has 4 atom stereocenters. The van der Waals surface area contributed by atoms with Gasteiger partial charge in [-0.15, -0.1) is 0 Å². The monoisotopic (exact) mass is 386 g/mol. The van der Waals surface area contributed by atoms with E-state index in [9.17, 15) is 18.0 Å². The molecule has 1 N–H and O–H groups in total. The van der Waals surface area contributed by atoms with Crippen LogP contribution in [0.3, 0.4) is 0 Å². The van der Waals surface area contributed by atoms with Crippen molar-refractivity contribution in [3.63, 3.8) is 0 Å². The Morgan fingerprint density at radius 2 is 2.19 bits per heavy atom. The number of alkyl halides is 3. The van der Waals surface area contributed by atoms with Crippen LogP contribution in [0.15, 0.2) is 6.07 Å². The number of aromatic nitrogens is 2. The lowest BCUT2D eigenvalue weighted by Crippen LogP contribution is -2.38. The Hall–Kier alpha value is -1.77. The summed E-state index contributed by atoms with van der Waals surface area (Å²) in [7, 11) is 0. The third kappa shape index (κ3) is 3.66. The summed E-state index contributed by atoms with van der Waals surface area (Å²) in [5, 5.41) is 7.37. The van der Waals surface area contributed by atoms with Crippen LogP contribution in [0.1, 0.15) is 63.2 Å². The van der Waals surface area contributed by atoms with Gasteiger partial charge in [0, 0.05) is 25.3 Å². The average Bonchev–Trinajstić information content (AvgIpc) is 3.32. The Labute approximate surface area is 156 Å². The van der Waals surface area contributed by atoms with Crippen LogP contribution in [0.25, 0.3) is 0 Å². The number of carbonyl (C=O) groups excluding carboxylic acids is 1. The van der Waals surface area contributed by atoms with Crippen LogP contribution < -0.4 is 5.32 Å². The van der Waals surface area contributed by atoms with Crippen LogP contribution in [-0.4, -0.2) is 52.1 Å². The molecule has 0 aliphatic carbocycles. The van der Waals surface area contributed by atoms with Crippen molar-refractivity contribution >= 4 is 11.7 Å². The van der Waals surface area contributed by atoms with Crippen LogP contribution in [0.2, 0.25) is 0 Å².